The molecule has 1 aliphatic carbocycles. The standard InChI is InChI=1S/C14H20N2OS/c17-13-9-5-4-8-12(13)16-14(18)15-10-11-6-2-1-3-7-11/h1-3,6-7,12-13,17H,4-5,8-10H2,(H2,15,16,18)/t12-,13-/m1/s1. The van der Waals surface area contributed by atoms with Crippen molar-refractivity contribution >= 4 is 17.3 Å². The first-order chi connectivity index (χ1) is 8.75. The number of aliphatic hydroxyl groups is 1. The van der Waals surface area contributed by atoms with E-state index < -0.39 is 0 Å². The summed E-state index contributed by atoms with van der Waals surface area (Å²) in [4.78, 5) is 0. The van der Waals surface area contributed by atoms with Gasteiger partial charge < -0.3 is 15.7 Å². The first-order valence-electron chi connectivity index (χ1n) is 6.52. The van der Waals surface area contributed by atoms with Crippen molar-refractivity contribution in [1.29, 1.82) is 0 Å². The van der Waals surface area contributed by atoms with Gasteiger partial charge in [-0.1, -0.05) is 43.2 Å². The molecule has 98 valence electrons. The molecular weight excluding hydrogens is 244 g/mol. The molecular formula is C14H20N2OS. The summed E-state index contributed by atoms with van der Waals surface area (Å²) in [6.45, 7) is 0.718. The van der Waals surface area contributed by atoms with E-state index >= 15 is 0 Å². The van der Waals surface area contributed by atoms with Gasteiger partial charge in [0.15, 0.2) is 5.11 Å². The number of rotatable bonds is 3. The lowest BCUT2D eigenvalue weighted by molar-refractivity contribution is 0.0997. The average molecular weight is 264 g/mol. The van der Waals surface area contributed by atoms with Crippen molar-refractivity contribution in [3.63, 3.8) is 0 Å². The highest BCUT2D eigenvalue weighted by atomic mass is 32.1. The minimum Gasteiger partial charge on any atom is -0.391 e. The topological polar surface area (TPSA) is 44.3 Å². The first kappa shape index (κ1) is 13.3. The second-order valence-electron chi connectivity index (χ2n) is 4.77. The van der Waals surface area contributed by atoms with Crippen molar-refractivity contribution in [2.75, 3.05) is 0 Å². The molecule has 0 aromatic heterocycles. The highest BCUT2D eigenvalue weighted by Crippen LogP contribution is 2.18. The van der Waals surface area contributed by atoms with Crippen molar-refractivity contribution in [3.05, 3.63) is 35.9 Å². The minimum absolute atomic E-state index is 0.106. The molecule has 3 N–H and O–H groups in total. The summed E-state index contributed by atoms with van der Waals surface area (Å²) >= 11 is 5.25. The second-order valence-corrected chi connectivity index (χ2v) is 5.18. The molecule has 0 spiro atoms. The van der Waals surface area contributed by atoms with Gasteiger partial charge in [-0.3, -0.25) is 0 Å². The minimum atomic E-state index is -0.268. The molecule has 0 amide bonds. The van der Waals surface area contributed by atoms with Crippen LogP contribution in [0.4, 0.5) is 0 Å². The molecule has 2 atom stereocenters. The van der Waals surface area contributed by atoms with Crippen molar-refractivity contribution < 1.29 is 5.11 Å². The van der Waals surface area contributed by atoms with Crippen LogP contribution >= 0.6 is 12.2 Å². The van der Waals surface area contributed by atoms with Gasteiger partial charge in [-0.05, 0) is 30.6 Å². The third kappa shape index (κ3) is 3.96. The Morgan fingerprint density at radius 2 is 1.94 bits per heavy atom. The zero-order valence-corrected chi connectivity index (χ0v) is 11.2. The van der Waals surface area contributed by atoms with E-state index in [2.05, 4.69) is 22.8 Å². The van der Waals surface area contributed by atoms with Gasteiger partial charge >= 0.3 is 0 Å². The van der Waals surface area contributed by atoms with Gasteiger partial charge in [0, 0.05) is 6.54 Å². The Kier molecular flexibility index (Phi) is 4.96. The fourth-order valence-corrected chi connectivity index (χ4v) is 2.50. The van der Waals surface area contributed by atoms with E-state index in [1.807, 2.05) is 18.2 Å². The summed E-state index contributed by atoms with van der Waals surface area (Å²) in [5.41, 5.74) is 1.20. The Morgan fingerprint density at radius 3 is 2.67 bits per heavy atom. The number of nitrogens with one attached hydrogen (secondary N) is 2. The van der Waals surface area contributed by atoms with Crippen LogP contribution in [-0.2, 0) is 6.54 Å². The van der Waals surface area contributed by atoms with Crippen LogP contribution in [0.5, 0.6) is 0 Å². The van der Waals surface area contributed by atoms with E-state index in [9.17, 15) is 5.11 Å². The molecule has 1 fully saturated rings. The van der Waals surface area contributed by atoms with Crippen LogP contribution in [0.3, 0.4) is 0 Å². The lowest BCUT2D eigenvalue weighted by atomic mass is 9.93. The molecule has 1 saturated carbocycles. The number of aliphatic hydroxyl groups excluding tert-OH is 1. The van der Waals surface area contributed by atoms with Gasteiger partial charge in [-0.2, -0.15) is 0 Å². The number of benzene rings is 1. The Morgan fingerprint density at radius 1 is 1.22 bits per heavy atom. The average Bonchev–Trinajstić information content (AvgIpc) is 2.40. The Hall–Kier alpha value is -1.13. The Labute approximate surface area is 114 Å². The summed E-state index contributed by atoms with van der Waals surface area (Å²) in [7, 11) is 0. The zero-order valence-electron chi connectivity index (χ0n) is 10.4. The number of hydrogen-bond donors (Lipinski definition) is 3. The molecule has 0 heterocycles. The molecule has 1 aliphatic rings. The fourth-order valence-electron chi connectivity index (χ4n) is 2.28. The van der Waals surface area contributed by atoms with E-state index in [0.717, 1.165) is 32.2 Å². The predicted octanol–water partition coefficient (Wildman–Crippen LogP) is 1.95. The maximum atomic E-state index is 9.85. The summed E-state index contributed by atoms with van der Waals surface area (Å²) < 4.78 is 0. The molecule has 0 saturated heterocycles. The molecule has 3 nitrogen and oxygen atoms in total. The smallest absolute Gasteiger partial charge is 0.166 e. The van der Waals surface area contributed by atoms with Crippen LogP contribution in [0.25, 0.3) is 0 Å². The molecule has 4 heteroatoms. The van der Waals surface area contributed by atoms with Crippen LogP contribution in [0.2, 0.25) is 0 Å². The summed E-state index contributed by atoms with van der Waals surface area (Å²) in [6.07, 6.45) is 3.88. The Bertz CT molecular complexity index is 383. The van der Waals surface area contributed by atoms with Gasteiger partial charge in [0.2, 0.25) is 0 Å². The highest BCUT2D eigenvalue weighted by molar-refractivity contribution is 7.80. The van der Waals surface area contributed by atoms with Crippen molar-refractivity contribution in [2.45, 2.75) is 44.4 Å². The third-order valence-electron chi connectivity index (χ3n) is 3.34. The number of thiocarbonyl (C=S) groups is 1. The highest BCUT2D eigenvalue weighted by Gasteiger charge is 2.23. The van der Waals surface area contributed by atoms with Gasteiger partial charge in [-0.15, -0.1) is 0 Å². The first-order valence-corrected chi connectivity index (χ1v) is 6.93. The third-order valence-corrected chi connectivity index (χ3v) is 3.60. The number of hydrogen-bond acceptors (Lipinski definition) is 2. The summed E-state index contributed by atoms with van der Waals surface area (Å²) in [5.74, 6) is 0. The van der Waals surface area contributed by atoms with Crippen molar-refractivity contribution in [2.24, 2.45) is 0 Å². The van der Waals surface area contributed by atoms with Crippen LogP contribution in [-0.4, -0.2) is 22.4 Å². The van der Waals surface area contributed by atoms with Crippen LogP contribution < -0.4 is 10.6 Å². The molecule has 0 radical (unpaired) electrons. The normalized spacial score (nSPS) is 23.4. The lowest BCUT2D eigenvalue weighted by Gasteiger charge is -2.29. The largest absolute Gasteiger partial charge is 0.391 e. The van der Waals surface area contributed by atoms with Crippen LogP contribution in [0.15, 0.2) is 30.3 Å². The molecule has 0 unspecified atom stereocenters. The van der Waals surface area contributed by atoms with Crippen molar-refractivity contribution in [1.82, 2.24) is 10.6 Å². The van der Waals surface area contributed by atoms with Gasteiger partial charge in [-0.25, -0.2) is 0 Å². The van der Waals surface area contributed by atoms with Crippen molar-refractivity contribution in [3.8, 4) is 0 Å². The van der Waals surface area contributed by atoms with E-state index in [1.165, 1.54) is 5.56 Å². The molecule has 18 heavy (non-hydrogen) atoms. The molecule has 2 rings (SSSR count). The fraction of sp³-hybridized carbons (Fsp3) is 0.500. The lowest BCUT2D eigenvalue weighted by Crippen LogP contribution is -2.48. The summed E-state index contributed by atoms with van der Waals surface area (Å²) in [6, 6.07) is 10.3. The summed E-state index contributed by atoms with van der Waals surface area (Å²) in [5, 5.41) is 16.9. The van der Waals surface area contributed by atoms with E-state index in [4.69, 9.17) is 12.2 Å². The molecule has 0 aliphatic heterocycles. The van der Waals surface area contributed by atoms with Crippen LogP contribution in [0, 0.1) is 0 Å². The maximum Gasteiger partial charge on any atom is 0.166 e. The zero-order chi connectivity index (χ0) is 12.8. The second kappa shape index (κ2) is 6.71. The van der Waals surface area contributed by atoms with E-state index in [1.54, 1.807) is 0 Å². The SMILES string of the molecule is O[C@@H]1CCCC[C@H]1NC(=S)NCc1ccccc1. The molecule has 0 bridgehead atoms. The van der Waals surface area contributed by atoms with E-state index in [0.29, 0.717) is 5.11 Å². The predicted molar refractivity (Wildman–Crippen MR) is 77.3 cm³/mol. The van der Waals surface area contributed by atoms with Gasteiger partial charge in [0.05, 0.1) is 12.1 Å². The Balaban J connectivity index is 1.75. The quantitative estimate of drug-likeness (QED) is 0.730. The van der Waals surface area contributed by atoms with Gasteiger partial charge in [0.1, 0.15) is 0 Å². The van der Waals surface area contributed by atoms with E-state index in [-0.39, 0.29) is 12.1 Å². The van der Waals surface area contributed by atoms with Crippen LogP contribution in [0.1, 0.15) is 31.2 Å². The maximum absolute atomic E-state index is 9.85. The molecule has 1 aromatic rings. The van der Waals surface area contributed by atoms with Gasteiger partial charge in [0.25, 0.3) is 0 Å². The monoisotopic (exact) mass is 264 g/mol. The molecule has 1 aromatic carbocycles.